The molecule has 0 bridgehead atoms. The Morgan fingerprint density at radius 3 is 2.42 bits per heavy atom. The number of aromatic nitrogens is 2. The van der Waals surface area contributed by atoms with Crippen LogP contribution in [0.1, 0.15) is 21.5 Å². The molecule has 0 atom stereocenters. The second-order valence-corrected chi connectivity index (χ2v) is 9.20. The van der Waals surface area contributed by atoms with Gasteiger partial charge in [-0.05, 0) is 42.3 Å². The molecule has 0 saturated heterocycles. The van der Waals surface area contributed by atoms with Crippen LogP contribution in [0.4, 0.5) is 24.5 Å². The number of sulfonamides is 1. The van der Waals surface area contributed by atoms with Crippen molar-refractivity contribution < 1.29 is 31.5 Å². The SMILES string of the molecule is CS(=O)(=O)Nc1cc(N2CCc3cc(-c4ncc(C(F)(F)F)cn4)ccc3C2=O)ccc1O. The van der Waals surface area contributed by atoms with Gasteiger partial charge in [0.1, 0.15) is 5.75 Å². The zero-order valence-corrected chi connectivity index (χ0v) is 17.9. The van der Waals surface area contributed by atoms with Crippen molar-refractivity contribution in [3.63, 3.8) is 0 Å². The summed E-state index contributed by atoms with van der Waals surface area (Å²) in [6.45, 7) is 0.270. The van der Waals surface area contributed by atoms with E-state index in [2.05, 4.69) is 14.7 Å². The number of hydrogen-bond donors (Lipinski definition) is 2. The van der Waals surface area contributed by atoms with Crippen LogP contribution < -0.4 is 9.62 Å². The number of alkyl halides is 3. The first-order valence-electron chi connectivity index (χ1n) is 9.57. The fourth-order valence-corrected chi connectivity index (χ4v) is 4.03. The van der Waals surface area contributed by atoms with Crippen molar-refractivity contribution in [2.24, 2.45) is 0 Å². The third kappa shape index (κ3) is 4.75. The molecule has 0 fully saturated rings. The molecule has 0 aliphatic carbocycles. The number of hydrogen-bond acceptors (Lipinski definition) is 6. The molecule has 1 aromatic heterocycles. The van der Waals surface area contributed by atoms with E-state index in [1.807, 2.05) is 0 Å². The van der Waals surface area contributed by atoms with Gasteiger partial charge in [0, 0.05) is 35.8 Å². The van der Waals surface area contributed by atoms with Crippen LogP contribution in [0.15, 0.2) is 48.8 Å². The zero-order valence-electron chi connectivity index (χ0n) is 17.1. The molecule has 33 heavy (non-hydrogen) atoms. The number of nitrogens with zero attached hydrogens (tertiary/aromatic N) is 3. The van der Waals surface area contributed by atoms with E-state index >= 15 is 0 Å². The minimum Gasteiger partial charge on any atom is -0.506 e. The van der Waals surface area contributed by atoms with Crippen molar-refractivity contribution in [1.82, 2.24) is 9.97 Å². The maximum absolute atomic E-state index is 13.1. The second-order valence-electron chi connectivity index (χ2n) is 7.45. The van der Waals surface area contributed by atoms with Crippen LogP contribution in [0, 0.1) is 0 Å². The number of halogens is 3. The summed E-state index contributed by atoms with van der Waals surface area (Å²) in [5.74, 6) is -0.516. The lowest BCUT2D eigenvalue weighted by Gasteiger charge is -2.29. The van der Waals surface area contributed by atoms with Crippen molar-refractivity contribution >= 4 is 27.3 Å². The quantitative estimate of drug-likeness (QED) is 0.556. The molecule has 4 rings (SSSR count). The van der Waals surface area contributed by atoms with Crippen molar-refractivity contribution in [3.05, 3.63) is 65.5 Å². The van der Waals surface area contributed by atoms with Crippen molar-refractivity contribution in [1.29, 1.82) is 0 Å². The fraction of sp³-hybridized carbons (Fsp3) is 0.190. The maximum atomic E-state index is 13.1. The number of amides is 1. The number of fused-ring (bicyclic) bond motifs is 1. The van der Waals surface area contributed by atoms with Gasteiger partial charge in [-0.3, -0.25) is 9.52 Å². The number of benzene rings is 2. The van der Waals surface area contributed by atoms with Crippen molar-refractivity contribution in [2.45, 2.75) is 12.6 Å². The van der Waals surface area contributed by atoms with Gasteiger partial charge in [-0.25, -0.2) is 18.4 Å². The number of anilines is 2. The number of carbonyl (C=O) groups is 1. The molecule has 2 heterocycles. The van der Waals surface area contributed by atoms with E-state index in [9.17, 15) is 31.5 Å². The molecule has 0 spiro atoms. The molecule has 2 aromatic carbocycles. The Morgan fingerprint density at radius 1 is 1.09 bits per heavy atom. The smallest absolute Gasteiger partial charge is 0.419 e. The number of nitrogens with one attached hydrogen (secondary N) is 1. The van der Waals surface area contributed by atoms with Crippen LogP contribution in [-0.4, -0.2) is 42.2 Å². The Hall–Kier alpha value is -3.67. The van der Waals surface area contributed by atoms with Gasteiger partial charge >= 0.3 is 6.18 Å². The minimum atomic E-state index is -4.53. The highest BCUT2D eigenvalue weighted by molar-refractivity contribution is 7.92. The summed E-state index contributed by atoms with van der Waals surface area (Å²) in [6, 6.07) is 8.92. The highest BCUT2D eigenvalue weighted by Gasteiger charge is 2.31. The van der Waals surface area contributed by atoms with Gasteiger partial charge in [-0.1, -0.05) is 6.07 Å². The molecule has 1 aliphatic rings. The van der Waals surface area contributed by atoms with Crippen LogP contribution in [-0.2, 0) is 22.6 Å². The summed E-state index contributed by atoms with van der Waals surface area (Å²) >= 11 is 0. The topological polar surface area (TPSA) is 112 Å². The van der Waals surface area contributed by atoms with Crippen LogP contribution in [0.5, 0.6) is 5.75 Å². The Balaban J connectivity index is 1.61. The lowest BCUT2D eigenvalue weighted by atomic mass is 9.96. The van der Waals surface area contributed by atoms with Crippen LogP contribution in [0.25, 0.3) is 11.4 Å². The number of rotatable bonds is 4. The first-order valence-corrected chi connectivity index (χ1v) is 11.5. The molecule has 8 nitrogen and oxygen atoms in total. The average Bonchev–Trinajstić information content (AvgIpc) is 2.74. The zero-order chi connectivity index (χ0) is 24.0. The molecule has 0 unspecified atom stereocenters. The predicted octanol–water partition coefficient (Wildman–Crippen LogP) is 3.44. The van der Waals surface area contributed by atoms with Gasteiger partial charge in [0.2, 0.25) is 10.0 Å². The highest BCUT2D eigenvalue weighted by Crippen LogP contribution is 2.33. The van der Waals surface area contributed by atoms with E-state index < -0.39 is 21.8 Å². The lowest BCUT2D eigenvalue weighted by Crippen LogP contribution is -2.37. The summed E-state index contributed by atoms with van der Waals surface area (Å²) in [5, 5.41) is 9.92. The van der Waals surface area contributed by atoms with E-state index in [1.54, 1.807) is 18.2 Å². The standard InChI is InChI=1S/C21H17F3N4O4S/c1-33(31,32)27-17-9-15(3-5-18(17)29)28-7-6-12-8-13(2-4-16(12)20(28)30)19-25-10-14(11-26-19)21(22,23)24/h2-5,8-11,27,29H,6-7H2,1H3. The van der Waals surface area contributed by atoms with Gasteiger partial charge in [0.25, 0.3) is 5.91 Å². The number of phenols is 1. The van der Waals surface area contributed by atoms with E-state index in [4.69, 9.17) is 0 Å². The van der Waals surface area contributed by atoms with Crippen molar-refractivity contribution in [3.8, 4) is 17.1 Å². The third-order valence-corrected chi connectivity index (χ3v) is 5.60. The van der Waals surface area contributed by atoms with Gasteiger partial charge in [-0.2, -0.15) is 13.2 Å². The molecule has 2 N–H and O–H groups in total. The minimum absolute atomic E-state index is 0.0524. The van der Waals surface area contributed by atoms with E-state index in [0.717, 1.165) is 6.26 Å². The van der Waals surface area contributed by atoms with Gasteiger partial charge in [0.05, 0.1) is 17.5 Å². The summed E-state index contributed by atoms with van der Waals surface area (Å²) in [4.78, 5) is 22.1. The van der Waals surface area contributed by atoms with Crippen LogP contribution in [0.3, 0.4) is 0 Å². The normalized spacial score (nSPS) is 14.2. The van der Waals surface area contributed by atoms with Gasteiger partial charge < -0.3 is 10.0 Å². The van der Waals surface area contributed by atoms with Crippen molar-refractivity contribution in [2.75, 3.05) is 22.4 Å². The molecule has 0 radical (unpaired) electrons. The van der Waals surface area contributed by atoms with Gasteiger partial charge in [-0.15, -0.1) is 0 Å². The fourth-order valence-electron chi connectivity index (χ4n) is 3.47. The molecule has 1 amide bonds. The van der Waals surface area contributed by atoms with E-state index in [0.29, 0.717) is 41.2 Å². The first-order chi connectivity index (χ1) is 15.4. The second kappa shape index (κ2) is 8.03. The Labute approximate surface area is 186 Å². The summed E-state index contributed by atoms with van der Waals surface area (Å²) in [6.07, 6.45) is -1.73. The van der Waals surface area contributed by atoms with E-state index in [1.165, 1.54) is 23.1 Å². The van der Waals surface area contributed by atoms with E-state index in [-0.39, 0.29) is 29.7 Å². The molecule has 172 valence electrons. The van der Waals surface area contributed by atoms with Gasteiger partial charge in [0.15, 0.2) is 5.82 Å². The molecule has 3 aromatic rings. The van der Waals surface area contributed by atoms with Crippen LogP contribution in [0.2, 0.25) is 0 Å². The Kier molecular flexibility index (Phi) is 5.48. The molecule has 1 aliphatic heterocycles. The summed E-state index contributed by atoms with van der Waals surface area (Å²) in [7, 11) is -3.64. The molecular formula is C21H17F3N4O4S. The third-order valence-electron chi connectivity index (χ3n) is 5.01. The predicted molar refractivity (Wildman–Crippen MR) is 114 cm³/mol. The Morgan fingerprint density at radius 2 is 1.79 bits per heavy atom. The number of aromatic hydroxyl groups is 1. The summed E-state index contributed by atoms with van der Waals surface area (Å²) in [5.41, 5.74) is 0.947. The largest absolute Gasteiger partial charge is 0.506 e. The first kappa shape index (κ1) is 22.5. The number of carbonyl (C=O) groups excluding carboxylic acids is 1. The molecular weight excluding hydrogens is 461 g/mol. The molecule has 12 heteroatoms. The maximum Gasteiger partial charge on any atom is 0.419 e. The van der Waals surface area contributed by atoms with Crippen LogP contribution >= 0.6 is 0 Å². The lowest BCUT2D eigenvalue weighted by molar-refractivity contribution is -0.138. The average molecular weight is 478 g/mol. The monoisotopic (exact) mass is 478 g/mol. The molecule has 0 saturated carbocycles. The Bertz CT molecular complexity index is 1340. The highest BCUT2D eigenvalue weighted by atomic mass is 32.2. The number of phenolic OH excluding ortho intramolecular Hbond substituents is 1. The summed E-state index contributed by atoms with van der Waals surface area (Å²) < 4.78 is 63.4.